The van der Waals surface area contributed by atoms with Crippen molar-refractivity contribution in [1.82, 2.24) is 20.0 Å². The molecule has 2 N–H and O–H groups in total. The van der Waals surface area contributed by atoms with E-state index in [1.54, 1.807) is 31.2 Å². The minimum Gasteiger partial charge on any atom is -0.326 e. The first-order valence-corrected chi connectivity index (χ1v) is 8.00. The van der Waals surface area contributed by atoms with Gasteiger partial charge in [0.25, 0.3) is 11.5 Å². The molecule has 0 spiro atoms. The van der Waals surface area contributed by atoms with Crippen LogP contribution in [0.1, 0.15) is 16.2 Å². The normalized spacial score (nSPS) is 10.6. The number of rotatable bonds is 3. The van der Waals surface area contributed by atoms with Crippen molar-refractivity contribution in [1.29, 1.82) is 0 Å². The number of nitrogens with zero attached hydrogens (tertiary/aromatic N) is 3. The Hall–Kier alpha value is -2.45. The highest BCUT2D eigenvalue weighted by Gasteiger charge is 2.18. The molecule has 1 aromatic carbocycles. The molecule has 0 aliphatic carbocycles. The second-order valence-corrected chi connectivity index (χ2v) is 6.28. The van der Waals surface area contributed by atoms with Crippen LogP contribution in [0, 0.1) is 6.92 Å². The fourth-order valence-electron chi connectivity index (χ4n) is 2.12. The third kappa shape index (κ3) is 3.24. The van der Waals surface area contributed by atoms with Crippen LogP contribution in [-0.4, -0.2) is 25.9 Å². The maximum atomic E-state index is 12.4. The minimum atomic E-state index is -0.524. The molecule has 0 saturated heterocycles. The summed E-state index contributed by atoms with van der Waals surface area (Å²) in [6.45, 7) is 1.71. The molecule has 2 aromatic heterocycles. The first-order valence-electron chi connectivity index (χ1n) is 6.83. The van der Waals surface area contributed by atoms with E-state index in [4.69, 9.17) is 11.6 Å². The highest BCUT2D eigenvalue weighted by Crippen LogP contribution is 2.17. The maximum Gasteiger partial charge on any atom is 0.278 e. The number of nitrogens with one attached hydrogen (secondary N) is 2. The second kappa shape index (κ2) is 6.58. The van der Waals surface area contributed by atoms with Gasteiger partial charge in [-0.1, -0.05) is 22.9 Å². The Morgan fingerprint density at radius 1 is 1.38 bits per heavy atom. The van der Waals surface area contributed by atoms with Gasteiger partial charge in [-0.2, -0.15) is 0 Å². The van der Waals surface area contributed by atoms with Gasteiger partial charge in [-0.25, -0.2) is 4.68 Å². The molecule has 0 bridgehead atoms. The zero-order valence-corrected chi connectivity index (χ0v) is 14.7. The number of benzene rings is 1. The molecule has 9 heteroatoms. The van der Waals surface area contributed by atoms with E-state index < -0.39 is 11.5 Å². The number of carbonyl (C=O) groups is 1. The summed E-state index contributed by atoms with van der Waals surface area (Å²) in [4.78, 5) is 26.6. The van der Waals surface area contributed by atoms with Crippen LogP contribution < -0.4 is 10.9 Å². The number of carbonyl (C=O) groups excluding carboxylic acids is 1. The zero-order valence-electron chi connectivity index (χ0n) is 12.4. The van der Waals surface area contributed by atoms with Gasteiger partial charge in [0.2, 0.25) is 0 Å². The highest BCUT2D eigenvalue weighted by atomic mass is 79.9. The molecule has 0 aliphatic heterocycles. The lowest BCUT2D eigenvalue weighted by molar-refractivity contribution is 0.102. The smallest absolute Gasteiger partial charge is 0.278 e. The van der Waals surface area contributed by atoms with Gasteiger partial charge in [0.05, 0.1) is 11.4 Å². The van der Waals surface area contributed by atoms with Crippen LogP contribution >= 0.6 is 27.5 Å². The molecular formula is C15H11BrClN5O2. The molecule has 0 radical (unpaired) electrons. The van der Waals surface area contributed by atoms with Gasteiger partial charge >= 0.3 is 0 Å². The van der Waals surface area contributed by atoms with E-state index in [1.165, 1.54) is 16.9 Å². The largest absolute Gasteiger partial charge is 0.326 e. The molecule has 3 rings (SSSR count). The average Bonchev–Trinajstić information content (AvgIpc) is 2.92. The first kappa shape index (κ1) is 16.4. The number of hydrogen-bond acceptors (Lipinski definition) is 4. The van der Waals surface area contributed by atoms with Crippen molar-refractivity contribution in [2.45, 2.75) is 6.92 Å². The molecule has 122 valence electrons. The molecule has 7 nitrogen and oxygen atoms in total. The number of halogens is 2. The summed E-state index contributed by atoms with van der Waals surface area (Å²) in [6, 6.07) is 8.54. The van der Waals surface area contributed by atoms with Crippen LogP contribution in [0.2, 0.25) is 5.02 Å². The Morgan fingerprint density at radius 3 is 2.92 bits per heavy atom. The lowest BCUT2D eigenvalue weighted by Crippen LogP contribution is -2.20. The van der Waals surface area contributed by atoms with Crippen LogP contribution in [0.5, 0.6) is 0 Å². The summed E-state index contributed by atoms with van der Waals surface area (Å²) in [6.07, 6.45) is 1.48. The Balaban J connectivity index is 1.92. The van der Waals surface area contributed by atoms with Gasteiger partial charge < -0.3 is 10.3 Å². The Morgan fingerprint density at radius 2 is 2.17 bits per heavy atom. The van der Waals surface area contributed by atoms with Crippen molar-refractivity contribution in [3.8, 4) is 5.69 Å². The van der Waals surface area contributed by atoms with Crippen LogP contribution in [0.15, 0.2) is 45.8 Å². The monoisotopic (exact) mass is 407 g/mol. The van der Waals surface area contributed by atoms with E-state index in [2.05, 4.69) is 36.5 Å². The Kier molecular flexibility index (Phi) is 4.50. The first-order chi connectivity index (χ1) is 11.5. The van der Waals surface area contributed by atoms with E-state index in [0.717, 1.165) is 0 Å². The van der Waals surface area contributed by atoms with E-state index >= 15 is 0 Å². The molecule has 0 aliphatic rings. The van der Waals surface area contributed by atoms with Gasteiger partial charge in [-0.15, -0.1) is 5.10 Å². The lowest BCUT2D eigenvalue weighted by atomic mass is 10.2. The second-order valence-electron chi connectivity index (χ2n) is 4.93. The zero-order chi connectivity index (χ0) is 17.3. The SMILES string of the molecule is Cc1c(C(=O)Nc2cc(Br)c[nH]c2=O)nnn1-c1cccc(Cl)c1. The number of hydrogen-bond donors (Lipinski definition) is 2. The third-order valence-electron chi connectivity index (χ3n) is 3.28. The molecule has 24 heavy (non-hydrogen) atoms. The van der Waals surface area contributed by atoms with Gasteiger partial charge in [-0.3, -0.25) is 9.59 Å². The van der Waals surface area contributed by atoms with Crippen LogP contribution in [0.25, 0.3) is 5.69 Å². The number of anilines is 1. The summed E-state index contributed by atoms with van der Waals surface area (Å²) in [5, 5.41) is 11.0. The standard InChI is InChI=1S/C15H11BrClN5O2/c1-8-13(15(24)19-12-5-9(16)7-18-14(12)23)20-21-22(8)11-4-2-3-10(17)6-11/h2-7H,1H3,(H,18,23)(H,19,24). The van der Waals surface area contributed by atoms with Gasteiger partial charge in [0.1, 0.15) is 5.69 Å². The molecule has 0 fully saturated rings. The van der Waals surface area contributed by atoms with Crippen LogP contribution in [0.3, 0.4) is 0 Å². The van der Waals surface area contributed by atoms with Crippen molar-refractivity contribution in [3.63, 3.8) is 0 Å². The van der Waals surface area contributed by atoms with Crippen molar-refractivity contribution >= 4 is 39.1 Å². The Labute approximate surface area is 149 Å². The predicted molar refractivity (Wildman–Crippen MR) is 93.8 cm³/mol. The topological polar surface area (TPSA) is 92.7 Å². The number of aromatic amines is 1. The number of H-pyrrole nitrogens is 1. The average molecular weight is 409 g/mol. The third-order valence-corrected chi connectivity index (χ3v) is 3.97. The quantitative estimate of drug-likeness (QED) is 0.697. The van der Waals surface area contributed by atoms with Crippen molar-refractivity contribution < 1.29 is 4.79 Å². The lowest BCUT2D eigenvalue weighted by Gasteiger charge is -2.05. The summed E-state index contributed by atoms with van der Waals surface area (Å²) in [5.74, 6) is -0.524. The fraction of sp³-hybridized carbons (Fsp3) is 0.0667. The molecule has 2 heterocycles. The molecular weight excluding hydrogens is 398 g/mol. The van der Waals surface area contributed by atoms with Crippen LogP contribution in [-0.2, 0) is 0 Å². The summed E-state index contributed by atoms with van der Waals surface area (Å²) in [7, 11) is 0. The van der Waals surface area contributed by atoms with Crippen molar-refractivity contribution in [3.05, 3.63) is 67.8 Å². The van der Waals surface area contributed by atoms with E-state index in [-0.39, 0.29) is 11.4 Å². The van der Waals surface area contributed by atoms with E-state index in [1.807, 2.05) is 0 Å². The van der Waals surface area contributed by atoms with Gasteiger partial charge in [0, 0.05) is 15.7 Å². The highest BCUT2D eigenvalue weighted by molar-refractivity contribution is 9.10. The molecule has 0 atom stereocenters. The summed E-state index contributed by atoms with van der Waals surface area (Å²) < 4.78 is 2.14. The van der Waals surface area contributed by atoms with Crippen molar-refractivity contribution in [2.24, 2.45) is 0 Å². The van der Waals surface area contributed by atoms with E-state index in [9.17, 15) is 9.59 Å². The van der Waals surface area contributed by atoms with Gasteiger partial charge in [0.15, 0.2) is 5.69 Å². The number of aromatic nitrogens is 4. The van der Waals surface area contributed by atoms with E-state index in [0.29, 0.717) is 20.9 Å². The maximum absolute atomic E-state index is 12.4. The predicted octanol–water partition coefficient (Wildman–Crippen LogP) is 2.93. The fourth-order valence-corrected chi connectivity index (χ4v) is 2.65. The van der Waals surface area contributed by atoms with Gasteiger partial charge in [-0.05, 0) is 47.1 Å². The molecule has 0 saturated carbocycles. The molecule has 1 amide bonds. The molecule has 3 aromatic rings. The summed E-state index contributed by atoms with van der Waals surface area (Å²) in [5.41, 5.74) is 1.04. The number of amides is 1. The Bertz CT molecular complexity index is 982. The minimum absolute atomic E-state index is 0.117. The van der Waals surface area contributed by atoms with Crippen molar-refractivity contribution in [2.75, 3.05) is 5.32 Å². The van der Waals surface area contributed by atoms with Crippen LogP contribution in [0.4, 0.5) is 5.69 Å². The summed E-state index contributed by atoms with van der Waals surface area (Å²) >= 11 is 9.20. The number of pyridine rings is 1. The molecule has 0 unspecified atom stereocenters.